The summed E-state index contributed by atoms with van der Waals surface area (Å²) < 4.78 is 25.4. The topological polar surface area (TPSA) is 171 Å². The second kappa shape index (κ2) is 12.8. The van der Waals surface area contributed by atoms with Crippen LogP contribution in [0.1, 0.15) is 92.4 Å². The highest BCUT2D eigenvalue weighted by Crippen LogP contribution is 2.65. The molecule has 0 radical (unpaired) electrons. The summed E-state index contributed by atoms with van der Waals surface area (Å²) in [6, 6.07) is -3.47. The van der Waals surface area contributed by atoms with Gasteiger partial charge in [-0.3, -0.25) is 19.2 Å². The van der Waals surface area contributed by atoms with Crippen molar-refractivity contribution >= 4 is 39.4 Å². The van der Waals surface area contributed by atoms with Crippen LogP contribution in [0.3, 0.4) is 0 Å². The molecule has 5 aliphatic rings. The van der Waals surface area contributed by atoms with Crippen molar-refractivity contribution in [2.45, 2.75) is 121 Å². The fourth-order valence-corrected chi connectivity index (χ4v) is 10.2. The zero-order valence-corrected chi connectivity index (χ0v) is 29.3. The van der Waals surface area contributed by atoms with E-state index < -0.39 is 73.7 Å². The van der Waals surface area contributed by atoms with Crippen LogP contribution in [-0.4, -0.2) is 90.6 Å². The molecule has 4 N–H and O–H groups in total. The first-order valence-electron chi connectivity index (χ1n) is 17.3. The van der Waals surface area contributed by atoms with Gasteiger partial charge in [0.25, 0.3) is 5.91 Å². The van der Waals surface area contributed by atoms with Crippen molar-refractivity contribution in [1.82, 2.24) is 26.2 Å². The van der Waals surface area contributed by atoms with Gasteiger partial charge in [-0.15, -0.1) is 6.58 Å². The summed E-state index contributed by atoms with van der Waals surface area (Å²) in [5.74, 6) is -2.08. The minimum absolute atomic E-state index is 0.0689. The highest BCUT2D eigenvalue weighted by Gasteiger charge is 2.70. The molecule has 12 nitrogen and oxygen atoms in total. The predicted octanol–water partition coefficient (Wildman–Crippen LogP) is 2.23. The van der Waals surface area contributed by atoms with Gasteiger partial charge >= 0.3 is 6.03 Å². The van der Waals surface area contributed by atoms with E-state index in [0.717, 1.165) is 32.1 Å². The Kier molecular flexibility index (Phi) is 9.64. The highest BCUT2D eigenvalue weighted by atomic mass is 32.2. The summed E-state index contributed by atoms with van der Waals surface area (Å²) in [6.07, 6.45) is 7.93. The number of ketones is 1. The number of sulfone groups is 1. The molecule has 47 heavy (non-hydrogen) atoms. The Hall–Kier alpha value is -2.96. The third-order valence-corrected chi connectivity index (χ3v) is 13.9. The third-order valence-electron chi connectivity index (χ3n) is 11.5. The Balaban J connectivity index is 1.34. The molecule has 0 aromatic heterocycles. The van der Waals surface area contributed by atoms with Crippen molar-refractivity contribution in [3.63, 3.8) is 0 Å². The van der Waals surface area contributed by atoms with Crippen molar-refractivity contribution < 1.29 is 32.4 Å². The number of carbonyl (C=O) groups is 5. The van der Waals surface area contributed by atoms with E-state index in [1.807, 2.05) is 20.8 Å². The number of fused-ring (bicyclic) bond motifs is 1. The molecule has 3 aliphatic carbocycles. The van der Waals surface area contributed by atoms with Gasteiger partial charge in [0.1, 0.15) is 12.1 Å². The Labute approximate surface area is 278 Å². The first kappa shape index (κ1) is 35.3. The third kappa shape index (κ3) is 7.10. The van der Waals surface area contributed by atoms with E-state index in [1.54, 1.807) is 0 Å². The van der Waals surface area contributed by atoms with Gasteiger partial charge in [-0.2, -0.15) is 0 Å². The van der Waals surface area contributed by atoms with E-state index in [0.29, 0.717) is 32.2 Å². The van der Waals surface area contributed by atoms with E-state index in [1.165, 1.54) is 11.0 Å². The van der Waals surface area contributed by atoms with Crippen molar-refractivity contribution in [3.8, 4) is 0 Å². The van der Waals surface area contributed by atoms with Crippen LogP contribution in [0.5, 0.6) is 0 Å². The van der Waals surface area contributed by atoms with Gasteiger partial charge in [-0.05, 0) is 54.3 Å². The second-order valence-electron chi connectivity index (χ2n) is 16.3. The van der Waals surface area contributed by atoms with Crippen LogP contribution in [0.2, 0.25) is 0 Å². The van der Waals surface area contributed by atoms with Crippen molar-refractivity contribution in [3.05, 3.63) is 12.7 Å². The van der Waals surface area contributed by atoms with Crippen LogP contribution >= 0.6 is 0 Å². The zero-order valence-electron chi connectivity index (χ0n) is 28.5. The monoisotopic (exact) mass is 675 g/mol. The number of rotatable bonds is 12. The first-order chi connectivity index (χ1) is 21.9. The summed E-state index contributed by atoms with van der Waals surface area (Å²) in [5, 5.41) is 10.6. The number of hydrogen-bond acceptors (Lipinski definition) is 7. The van der Waals surface area contributed by atoms with Gasteiger partial charge in [0, 0.05) is 13.1 Å². The molecule has 0 aromatic rings. The SMILES string of the molecule is C=CCNC(=O)C(=O)[C@H](CC1CC1)NC(=O)[C@@H]1[C@@H]2[C@H](CN1C(=O)[C@@H](NC(=O)NC1([C@H]3CCS3(=O)=O)CCCCC1)C(C)(C)C)C2(C)C. The van der Waals surface area contributed by atoms with E-state index in [2.05, 4.69) is 41.7 Å². The molecule has 2 saturated heterocycles. The lowest BCUT2D eigenvalue weighted by Gasteiger charge is -2.47. The Morgan fingerprint density at radius 2 is 1.66 bits per heavy atom. The van der Waals surface area contributed by atoms with Crippen LogP contribution in [0, 0.1) is 28.6 Å². The molecule has 5 amide bonds. The number of nitrogens with one attached hydrogen (secondary N) is 4. The normalized spacial score (nSPS) is 29.6. The number of hydrogen-bond donors (Lipinski definition) is 4. The van der Waals surface area contributed by atoms with Gasteiger partial charge < -0.3 is 26.2 Å². The summed E-state index contributed by atoms with van der Waals surface area (Å²) in [7, 11) is -3.29. The summed E-state index contributed by atoms with van der Waals surface area (Å²) >= 11 is 0. The van der Waals surface area contributed by atoms with Crippen LogP contribution in [0.15, 0.2) is 12.7 Å². The minimum atomic E-state index is -3.29. The number of nitrogens with zero attached hydrogens (tertiary/aromatic N) is 1. The average molecular weight is 676 g/mol. The fraction of sp³-hybridized carbons (Fsp3) is 0.794. The van der Waals surface area contributed by atoms with Crippen molar-refractivity contribution in [1.29, 1.82) is 0 Å². The maximum atomic E-state index is 14.4. The average Bonchev–Trinajstić information content (AvgIpc) is 3.84. The van der Waals surface area contributed by atoms with Crippen molar-refractivity contribution in [2.75, 3.05) is 18.8 Å². The largest absolute Gasteiger partial charge is 0.346 e. The van der Waals surface area contributed by atoms with Crippen molar-refractivity contribution in [2.24, 2.45) is 28.6 Å². The molecule has 0 unspecified atom stereocenters. The van der Waals surface area contributed by atoms with Gasteiger partial charge in [-0.25, -0.2) is 13.2 Å². The molecule has 2 heterocycles. The number of amides is 5. The van der Waals surface area contributed by atoms with Gasteiger partial charge in [0.05, 0.1) is 22.6 Å². The number of Topliss-reactive ketones (excluding diaryl/α,β-unsaturated/α-hetero) is 1. The van der Waals surface area contributed by atoms with Crippen LogP contribution in [0.4, 0.5) is 4.79 Å². The molecule has 5 fully saturated rings. The summed E-state index contributed by atoms with van der Waals surface area (Å²) in [5.41, 5.74) is -1.80. The lowest BCUT2D eigenvalue weighted by molar-refractivity contribution is -0.145. The van der Waals surface area contributed by atoms with E-state index in [4.69, 9.17) is 0 Å². The second-order valence-corrected chi connectivity index (χ2v) is 18.6. The highest BCUT2D eigenvalue weighted by molar-refractivity contribution is 7.93. The van der Waals surface area contributed by atoms with E-state index in [9.17, 15) is 32.4 Å². The van der Waals surface area contributed by atoms with Gasteiger partial charge in [0.15, 0.2) is 9.84 Å². The van der Waals surface area contributed by atoms with E-state index in [-0.39, 0.29) is 35.5 Å². The van der Waals surface area contributed by atoms with Gasteiger partial charge in [0.2, 0.25) is 17.6 Å². The molecule has 262 valence electrons. The molecule has 0 spiro atoms. The number of likely N-dealkylation sites (tertiary alicyclic amines) is 1. The van der Waals surface area contributed by atoms with E-state index >= 15 is 0 Å². The molecular weight excluding hydrogens is 622 g/mol. The number of urea groups is 1. The van der Waals surface area contributed by atoms with Gasteiger partial charge in [-0.1, -0.05) is 72.8 Å². The first-order valence-corrected chi connectivity index (χ1v) is 19.0. The molecule has 3 saturated carbocycles. The molecule has 2 aliphatic heterocycles. The molecular formula is C34H53N5O7S. The number of piperidine rings is 1. The lowest BCUT2D eigenvalue weighted by Crippen LogP contribution is -2.67. The Bertz CT molecular complexity index is 1410. The van der Waals surface area contributed by atoms with Crippen LogP contribution in [-0.2, 0) is 29.0 Å². The smallest absolute Gasteiger partial charge is 0.315 e. The zero-order chi connectivity index (χ0) is 34.5. The van der Waals surface area contributed by atoms with Crippen LogP contribution in [0.25, 0.3) is 0 Å². The predicted molar refractivity (Wildman–Crippen MR) is 177 cm³/mol. The minimum Gasteiger partial charge on any atom is -0.346 e. The molecule has 0 aromatic carbocycles. The summed E-state index contributed by atoms with van der Waals surface area (Å²) in [4.78, 5) is 69.3. The maximum Gasteiger partial charge on any atom is 0.315 e. The summed E-state index contributed by atoms with van der Waals surface area (Å²) in [6.45, 7) is 13.7. The Morgan fingerprint density at radius 3 is 2.19 bits per heavy atom. The Morgan fingerprint density at radius 1 is 1.00 bits per heavy atom. The number of carbonyl (C=O) groups excluding carboxylic acids is 5. The molecule has 0 bridgehead atoms. The quantitative estimate of drug-likeness (QED) is 0.182. The molecule has 13 heteroatoms. The molecule has 5 rings (SSSR count). The molecule has 6 atom stereocenters. The maximum absolute atomic E-state index is 14.4. The van der Waals surface area contributed by atoms with Crippen LogP contribution < -0.4 is 21.3 Å². The standard InChI is InChI=1S/C34H53N5O7S/c1-7-16-35-29(42)26(40)22(18-20-11-12-20)36-28(41)25-24-21(33(24,5)6)19-39(25)30(43)27(32(2,3)4)37-31(44)38-34(14-9-8-10-15-34)23-13-17-47(23,45)46/h7,20-25,27H,1,8-19H2,2-6H3,(H,35,42)(H,36,41)(H2,37,38,44)/t21-,22-,23+,24-,25-,27+/m0/s1. The fourth-order valence-electron chi connectivity index (χ4n) is 8.37. The lowest BCUT2D eigenvalue weighted by atomic mass is 9.78.